The molecule has 4 rings (SSSR count). The van der Waals surface area contributed by atoms with Crippen molar-refractivity contribution in [1.29, 1.82) is 0 Å². The van der Waals surface area contributed by atoms with Crippen molar-refractivity contribution >= 4 is 5.65 Å². The van der Waals surface area contributed by atoms with E-state index in [0.717, 1.165) is 18.5 Å². The van der Waals surface area contributed by atoms with E-state index in [1.54, 1.807) is 12.3 Å². The number of nitrogens with zero attached hydrogens (tertiary/aromatic N) is 2. The molecule has 1 atom stereocenters. The first-order valence-electron chi connectivity index (χ1n) is 8.42. The highest BCUT2D eigenvalue weighted by Gasteiger charge is 2.35. The van der Waals surface area contributed by atoms with Gasteiger partial charge in [0.25, 0.3) is 5.56 Å². The number of aromatic amines is 1. The normalized spacial score (nSPS) is 19.3. The first-order valence-corrected chi connectivity index (χ1v) is 8.42. The summed E-state index contributed by atoms with van der Waals surface area (Å²) in [6, 6.07) is 12.3. The van der Waals surface area contributed by atoms with E-state index in [-0.39, 0.29) is 17.0 Å². The Labute approximate surface area is 140 Å². The second-order valence-electron chi connectivity index (χ2n) is 7.24. The number of fused-ring (bicyclic) bond motifs is 2. The highest BCUT2D eigenvalue weighted by molar-refractivity contribution is 5.37. The van der Waals surface area contributed by atoms with Gasteiger partial charge in [0.2, 0.25) is 0 Å². The molecular weight excluding hydrogens is 300 g/mol. The summed E-state index contributed by atoms with van der Waals surface area (Å²) in [4.78, 5) is 16.7. The third kappa shape index (κ3) is 2.55. The van der Waals surface area contributed by atoms with E-state index in [0.29, 0.717) is 12.2 Å². The Balaban J connectivity index is 1.63. The van der Waals surface area contributed by atoms with Crippen LogP contribution in [0.2, 0.25) is 0 Å². The van der Waals surface area contributed by atoms with E-state index in [9.17, 15) is 4.79 Å². The highest BCUT2D eigenvalue weighted by Crippen LogP contribution is 2.43. The summed E-state index contributed by atoms with van der Waals surface area (Å²) in [5, 5.41) is 6.52. The summed E-state index contributed by atoms with van der Waals surface area (Å²) in [7, 11) is 0. The molecule has 3 aromatic rings. The molecule has 0 bridgehead atoms. The predicted molar refractivity (Wildman–Crippen MR) is 93.9 cm³/mol. The van der Waals surface area contributed by atoms with Gasteiger partial charge in [-0.25, -0.2) is 9.50 Å². The molecule has 0 amide bonds. The maximum absolute atomic E-state index is 12.1. The predicted octanol–water partition coefficient (Wildman–Crippen LogP) is 2.83. The number of hydrogen-bond donors (Lipinski definition) is 2. The molecule has 1 unspecified atom stereocenters. The lowest BCUT2D eigenvalue weighted by Gasteiger charge is -2.40. The van der Waals surface area contributed by atoms with Crippen LogP contribution in [-0.2, 0) is 13.0 Å². The van der Waals surface area contributed by atoms with E-state index in [1.807, 2.05) is 6.07 Å². The fourth-order valence-electron chi connectivity index (χ4n) is 3.73. The summed E-state index contributed by atoms with van der Waals surface area (Å²) in [6.45, 7) is 5.19. The van der Waals surface area contributed by atoms with Crippen molar-refractivity contribution in [1.82, 2.24) is 19.9 Å². The Hall–Kier alpha value is -2.40. The van der Waals surface area contributed by atoms with Crippen LogP contribution >= 0.6 is 0 Å². The Morgan fingerprint density at radius 3 is 3.04 bits per heavy atom. The highest BCUT2D eigenvalue weighted by atomic mass is 16.1. The number of aryl methyl sites for hydroxylation is 1. The first kappa shape index (κ1) is 15.1. The lowest BCUT2D eigenvalue weighted by Crippen LogP contribution is -2.38. The molecule has 2 heterocycles. The minimum atomic E-state index is -0.0786. The van der Waals surface area contributed by atoms with Gasteiger partial charge in [0.15, 0.2) is 5.65 Å². The number of rotatable bonds is 3. The van der Waals surface area contributed by atoms with Gasteiger partial charge in [-0.05, 0) is 29.4 Å². The van der Waals surface area contributed by atoms with Crippen LogP contribution < -0.4 is 10.9 Å². The van der Waals surface area contributed by atoms with E-state index >= 15 is 0 Å². The molecule has 1 aliphatic carbocycles. The summed E-state index contributed by atoms with van der Waals surface area (Å²) >= 11 is 0. The van der Waals surface area contributed by atoms with Gasteiger partial charge in [0.05, 0.1) is 5.69 Å². The number of nitrogens with one attached hydrogen (secondary N) is 2. The lowest BCUT2D eigenvalue weighted by molar-refractivity contribution is 0.207. The Bertz CT molecular complexity index is 938. The Morgan fingerprint density at radius 1 is 1.33 bits per heavy atom. The average molecular weight is 322 g/mol. The molecule has 1 aliphatic rings. The molecule has 1 aromatic carbocycles. The second-order valence-corrected chi connectivity index (χ2v) is 7.24. The lowest BCUT2D eigenvalue weighted by atomic mass is 9.70. The zero-order chi connectivity index (χ0) is 16.7. The fourth-order valence-corrected chi connectivity index (χ4v) is 3.73. The van der Waals surface area contributed by atoms with Gasteiger partial charge >= 0.3 is 0 Å². The minimum absolute atomic E-state index is 0.0786. The van der Waals surface area contributed by atoms with Crippen LogP contribution in [0.3, 0.4) is 0 Å². The van der Waals surface area contributed by atoms with Gasteiger partial charge in [-0.3, -0.25) is 9.89 Å². The van der Waals surface area contributed by atoms with Crippen LogP contribution in [-0.4, -0.2) is 14.6 Å². The van der Waals surface area contributed by atoms with Crippen molar-refractivity contribution in [2.75, 3.05) is 0 Å². The van der Waals surface area contributed by atoms with Gasteiger partial charge < -0.3 is 5.32 Å². The van der Waals surface area contributed by atoms with E-state index in [4.69, 9.17) is 0 Å². The third-order valence-electron chi connectivity index (χ3n) is 5.11. The van der Waals surface area contributed by atoms with Crippen LogP contribution in [0.5, 0.6) is 0 Å². The molecule has 2 N–H and O–H groups in total. The molecule has 0 spiro atoms. The zero-order valence-electron chi connectivity index (χ0n) is 14.0. The molecule has 24 heavy (non-hydrogen) atoms. The number of hydrogen-bond acceptors (Lipinski definition) is 3. The van der Waals surface area contributed by atoms with Crippen molar-refractivity contribution in [2.24, 2.45) is 5.41 Å². The fraction of sp³-hybridized carbons (Fsp3) is 0.368. The van der Waals surface area contributed by atoms with Crippen molar-refractivity contribution in [3.63, 3.8) is 0 Å². The van der Waals surface area contributed by atoms with Crippen molar-refractivity contribution in [3.8, 4) is 0 Å². The number of aromatic nitrogens is 3. The van der Waals surface area contributed by atoms with E-state index < -0.39 is 0 Å². The number of H-pyrrole nitrogens is 1. The quantitative estimate of drug-likeness (QED) is 0.779. The molecular formula is C19H22N4O. The third-order valence-corrected chi connectivity index (χ3v) is 5.11. The smallest absolute Gasteiger partial charge is 0.272 e. The molecule has 0 saturated heterocycles. The van der Waals surface area contributed by atoms with Crippen molar-refractivity contribution < 1.29 is 0 Å². The van der Waals surface area contributed by atoms with Crippen LogP contribution in [0.4, 0.5) is 0 Å². The molecule has 0 radical (unpaired) electrons. The SMILES string of the molecule is CC1(C)CCc2ccccc2C1NCc1cc(=O)n2[nH]ccc2n1. The van der Waals surface area contributed by atoms with E-state index in [2.05, 4.69) is 53.5 Å². The van der Waals surface area contributed by atoms with Crippen molar-refractivity contribution in [3.05, 3.63) is 69.8 Å². The first-order chi connectivity index (χ1) is 11.5. The summed E-state index contributed by atoms with van der Waals surface area (Å²) in [6.07, 6.45) is 3.99. The summed E-state index contributed by atoms with van der Waals surface area (Å²) in [5.74, 6) is 0. The maximum atomic E-state index is 12.1. The molecule has 124 valence electrons. The standard InChI is InChI=1S/C19H22N4O/c1-19(2)9-7-13-5-3-4-6-15(13)18(19)20-12-14-11-17(24)23-16(22-14)8-10-21-23/h3-6,8,10-11,18,20-21H,7,9,12H2,1-2H3. The minimum Gasteiger partial charge on any atom is -0.304 e. The van der Waals surface area contributed by atoms with Crippen LogP contribution in [0.15, 0.2) is 47.4 Å². The molecule has 0 saturated carbocycles. The summed E-state index contributed by atoms with van der Waals surface area (Å²) < 4.78 is 1.45. The van der Waals surface area contributed by atoms with Crippen LogP contribution in [0.1, 0.15) is 43.1 Å². The van der Waals surface area contributed by atoms with Gasteiger partial charge in [-0.15, -0.1) is 0 Å². The van der Waals surface area contributed by atoms with E-state index in [1.165, 1.54) is 15.6 Å². The maximum Gasteiger partial charge on any atom is 0.272 e. The molecule has 0 aliphatic heterocycles. The van der Waals surface area contributed by atoms with Gasteiger partial charge in [0, 0.05) is 30.9 Å². The largest absolute Gasteiger partial charge is 0.304 e. The van der Waals surface area contributed by atoms with Gasteiger partial charge in [-0.2, -0.15) is 0 Å². The molecule has 5 nitrogen and oxygen atoms in total. The van der Waals surface area contributed by atoms with Crippen molar-refractivity contribution in [2.45, 2.75) is 39.3 Å². The average Bonchev–Trinajstić information content (AvgIpc) is 3.03. The monoisotopic (exact) mass is 322 g/mol. The Kier molecular flexibility index (Phi) is 3.53. The molecule has 2 aromatic heterocycles. The molecule has 5 heteroatoms. The second kappa shape index (κ2) is 5.60. The Morgan fingerprint density at radius 2 is 2.17 bits per heavy atom. The number of benzene rings is 1. The topological polar surface area (TPSA) is 62.2 Å². The summed E-state index contributed by atoms with van der Waals surface area (Å²) in [5.41, 5.74) is 4.31. The molecule has 0 fully saturated rings. The van der Waals surface area contributed by atoms with Crippen LogP contribution in [0.25, 0.3) is 5.65 Å². The van der Waals surface area contributed by atoms with Gasteiger partial charge in [-0.1, -0.05) is 38.1 Å². The zero-order valence-corrected chi connectivity index (χ0v) is 14.0. The van der Waals surface area contributed by atoms with Gasteiger partial charge in [0.1, 0.15) is 0 Å². The van der Waals surface area contributed by atoms with Crippen LogP contribution in [0, 0.1) is 5.41 Å².